The minimum Gasteiger partial charge on any atom is -0.465 e. The topological polar surface area (TPSA) is 75.1 Å². The lowest BCUT2D eigenvalue weighted by Gasteiger charge is -2.00. The molecular formula is C12H9BrN2O3. The zero-order valence-electron chi connectivity index (χ0n) is 9.14. The third-order valence-corrected chi connectivity index (χ3v) is 2.53. The number of carbonyl (C=O) groups is 1. The van der Waals surface area contributed by atoms with Crippen LogP contribution in [-0.2, 0) is 4.79 Å². The van der Waals surface area contributed by atoms with Gasteiger partial charge in [-0.2, -0.15) is 0 Å². The largest absolute Gasteiger partial charge is 0.465 e. The van der Waals surface area contributed by atoms with Gasteiger partial charge in [0.15, 0.2) is 0 Å². The van der Waals surface area contributed by atoms with E-state index >= 15 is 0 Å². The number of halogens is 1. The SMILES string of the molecule is O=C(/C=C/c1ccco1)Nc1cc(Br)c[nH]c1=O. The van der Waals surface area contributed by atoms with Gasteiger partial charge in [0.05, 0.1) is 6.26 Å². The number of pyridine rings is 1. The fraction of sp³-hybridized carbons (Fsp3) is 0. The highest BCUT2D eigenvalue weighted by Crippen LogP contribution is 2.10. The van der Waals surface area contributed by atoms with Gasteiger partial charge in [-0.25, -0.2) is 0 Å². The Bertz CT molecular complexity index is 629. The third-order valence-electron chi connectivity index (χ3n) is 2.07. The number of amides is 1. The summed E-state index contributed by atoms with van der Waals surface area (Å²) in [6.07, 6.45) is 5.81. The van der Waals surface area contributed by atoms with Crippen molar-refractivity contribution in [2.45, 2.75) is 0 Å². The summed E-state index contributed by atoms with van der Waals surface area (Å²) in [5.41, 5.74) is -0.184. The van der Waals surface area contributed by atoms with E-state index in [1.165, 1.54) is 30.7 Å². The van der Waals surface area contributed by atoms with E-state index in [2.05, 4.69) is 26.2 Å². The number of nitrogens with one attached hydrogen (secondary N) is 2. The summed E-state index contributed by atoms with van der Waals surface area (Å²) in [5.74, 6) is 0.156. The molecule has 1 amide bonds. The molecule has 6 heteroatoms. The van der Waals surface area contributed by atoms with Crippen LogP contribution < -0.4 is 10.9 Å². The smallest absolute Gasteiger partial charge is 0.271 e. The maximum Gasteiger partial charge on any atom is 0.271 e. The number of aromatic nitrogens is 1. The minimum atomic E-state index is -0.407. The quantitative estimate of drug-likeness (QED) is 0.855. The molecule has 0 saturated carbocycles. The van der Waals surface area contributed by atoms with Gasteiger partial charge in [0, 0.05) is 16.7 Å². The average Bonchev–Trinajstić information content (AvgIpc) is 2.84. The van der Waals surface area contributed by atoms with Gasteiger partial charge in [0.2, 0.25) is 5.91 Å². The maximum absolute atomic E-state index is 11.6. The molecule has 2 aromatic heterocycles. The van der Waals surface area contributed by atoms with E-state index in [4.69, 9.17) is 4.42 Å². The Morgan fingerprint density at radius 1 is 1.50 bits per heavy atom. The van der Waals surface area contributed by atoms with Gasteiger partial charge in [-0.05, 0) is 40.2 Å². The first kappa shape index (κ1) is 12.4. The summed E-state index contributed by atoms with van der Waals surface area (Å²) in [6.45, 7) is 0. The Balaban J connectivity index is 2.07. The number of H-pyrrole nitrogens is 1. The van der Waals surface area contributed by atoms with E-state index in [-0.39, 0.29) is 11.2 Å². The number of hydrogen-bond donors (Lipinski definition) is 2. The van der Waals surface area contributed by atoms with Crippen molar-refractivity contribution in [1.29, 1.82) is 0 Å². The van der Waals surface area contributed by atoms with Crippen molar-refractivity contribution in [2.75, 3.05) is 5.32 Å². The first-order valence-electron chi connectivity index (χ1n) is 5.06. The molecule has 0 aliphatic heterocycles. The predicted molar refractivity (Wildman–Crippen MR) is 71.1 cm³/mol. The molecule has 0 aliphatic carbocycles. The van der Waals surface area contributed by atoms with Crippen molar-refractivity contribution < 1.29 is 9.21 Å². The molecule has 0 bridgehead atoms. The fourth-order valence-electron chi connectivity index (χ4n) is 1.27. The van der Waals surface area contributed by atoms with E-state index in [0.29, 0.717) is 10.2 Å². The summed E-state index contributed by atoms with van der Waals surface area (Å²) in [6, 6.07) is 4.96. The van der Waals surface area contributed by atoms with Gasteiger partial charge in [0.1, 0.15) is 11.4 Å². The van der Waals surface area contributed by atoms with Crippen LogP contribution in [0.15, 0.2) is 50.4 Å². The van der Waals surface area contributed by atoms with E-state index in [9.17, 15) is 9.59 Å². The highest BCUT2D eigenvalue weighted by Gasteiger charge is 2.03. The second-order valence-electron chi connectivity index (χ2n) is 3.40. The second-order valence-corrected chi connectivity index (χ2v) is 4.31. The molecule has 2 rings (SSSR count). The lowest BCUT2D eigenvalue weighted by Crippen LogP contribution is -2.17. The van der Waals surface area contributed by atoms with Crippen LogP contribution in [0, 0.1) is 0 Å². The number of aromatic amines is 1. The molecule has 2 N–H and O–H groups in total. The van der Waals surface area contributed by atoms with Crippen molar-refractivity contribution >= 4 is 33.6 Å². The molecule has 0 spiro atoms. The van der Waals surface area contributed by atoms with E-state index < -0.39 is 5.91 Å². The molecule has 0 radical (unpaired) electrons. The minimum absolute atomic E-state index is 0.179. The van der Waals surface area contributed by atoms with Crippen molar-refractivity contribution in [2.24, 2.45) is 0 Å². The number of anilines is 1. The van der Waals surface area contributed by atoms with Gasteiger partial charge in [-0.1, -0.05) is 0 Å². The fourth-order valence-corrected chi connectivity index (χ4v) is 1.61. The Morgan fingerprint density at radius 3 is 3.06 bits per heavy atom. The van der Waals surface area contributed by atoms with Crippen LogP contribution in [-0.4, -0.2) is 10.9 Å². The standard InChI is InChI=1S/C12H9BrN2O3/c13-8-6-10(12(17)14-7-8)15-11(16)4-3-9-2-1-5-18-9/h1-7H,(H,14,17)(H,15,16)/b4-3+. The Hall–Kier alpha value is -2.08. The van der Waals surface area contributed by atoms with Gasteiger partial charge in [-0.3, -0.25) is 9.59 Å². The van der Waals surface area contributed by atoms with Crippen LogP contribution in [0.1, 0.15) is 5.76 Å². The van der Waals surface area contributed by atoms with Crippen LogP contribution in [0.4, 0.5) is 5.69 Å². The van der Waals surface area contributed by atoms with Crippen molar-refractivity contribution in [3.05, 3.63) is 57.3 Å². The summed E-state index contributed by atoms with van der Waals surface area (Å²) < 4.78 is 5.71. The molecular weight excluding hydrogens is 300 g/mol. The molecule has 0 unspecified atom stereocenters. The average molecular weight is 309 g/mol. The molecule has 2 aromatic rings. The van der Waals surface area contributed by atoms with Crippen LogP contribution in [0.5, 0.6) is 0 Å². The first-order chi connectivity index (χ1) is 8.65. The summed E-state index contributed by atoms with van der Waals surface area (Å²) in [4.78, 5) is 25.5. The summed E-state index contributed by atoms with van der Waals surface area (Å²) in [5, 5.41) is 2.47. The molecule has 0 aromatic carbocycles. The maximum atomic E-state index is 11.6. The third kappa shape index (κ3) is 3.21. The molecule has 2 heterocycles. The van der Waals surface area contributed by atoms with Crippen molar-refractivity contribution in [3.8, 4) is 0 Å². The van der Waals surface area contributed by atoms with Gasteiger partial charge >= 0.3 is 0 Å². The van der Waals surface area contributed by atoms with Crippen LogP contribution in [0.3, 0.4) is 0 Å². The molecule has 92 valence electrons. The van der Waals surface area contributed by atoms with E-state index in [0.717, 1.165) is 0 Å². The monoisotopic (exact) mass is 308 g/mol. The van der Waals surface area contributed by atoms with Gasteiger partial charge in [-0.15, -0.1) is 0 Å². The van der Waals surface area contributed by atoms with Crippen molar-refractivity contribution in [3.63, 3.8) is 0 Å². The number of hydrogen-bond acceptors (Lipinski definition) is 3. The first-order valence-corrected chi connectivity index (χ1v) is 5.85. The lowest BCUT2D eigenvalue weighted by molar-refractivity contribution is -0.111. The zero-order valence-corrected chi connectivity index (χ0v) is 10.7. The molecule has 5 nitrogen and oxygen atoms in total. The normalized spacial score (nSPS) is 10.7. The molecule has 0 aliphatic rings. The molecule has 0 saturated heterocycles. The number of furan rings is 1. The van der Waals surface area contributed by atoms with Gasteiger partial charge in [0.25, 0.3) is 5.56 Å². The van der Waals surface area contributed by atoms with Crippen LogP contribution in [0.25, 0.3) is 6.08 Å². The van der Waals surface area contributed by atoms with Crippen LogP contribution >= 0.6 is 15.9 Å². The van der Waals surface area contributed by atoms with E-state index in [1.807, 2.05) is 0 Å². The highest BCUT2D eigenvalue weighted by atomic mass is 79.9. The van der Waals surface area contributed by atoms with Crippen LogP contribution in [0.2, 0.25) is 0 Å². The molecule has 18 heavy (non-hydrogen) atoms. The van der Waals surface area contributed by atoms with Gasteiger partial charge < -0.3 is 14.7 Å². The summed E-state index contributed by atoms with van der Waals surface area (Å²) in [7, 11) is 0. The van der Waals surface area contributed by atoms with E-state index in [1.54, 1.807) is 12.1 Å². The van der Waals surface area contributed by atoms with Crippen molar-refractivity contribution in [1.82, 2.24) is 4.98 Å². The Morgan fingerprint density at radius 2 is 2.33 bits per heavy atom. The molecule has 0 atom stereocenters. The lowest BCUT2D eigenvalue weighted by atomic mass is 10.3. The summed E-state index contributed by atoms with van der Waals surface area (Å²) >= 11 is 3.20. The molecule has 0 fully saturated rings. The number of rotatable bonds is 3. The highest BCUT2D eigenvalue weighted by molar-refractivity contribution is 9.10. The predicted octanol–water partition coefficient (Wildman–Crippen LogP) is 2.38. The zero-order chi connectivity index (χ0) is 13.0. The number of carbonyl (C=O) groups excluding carboxylic acids is 1. The second kappa shape index (κ2) is 5.50. The Kier molecular flexibility index (Phi) is 3.78. The Labute approximate surface area is 111 Å².